The number of rotatable bonds is 1. The van der Waals surface area contributed by atoms with Crippen LogP contribution in [0.4, 0.5) is 4.39 Å². The lowest BCUT2D eigenvalue weighted by molar-refractivity contribution is -0.119. The number of carbonyl (C=O) groups is 1. The summed E-state index contributed by atoms with van der Waals surface area (Å²) >= 11 is 0. The Morgan fingerprint density at radius 3 is 2.25 bits per heavy atom. The van der Waals surface area contributed by atoms with Crippen molar-refractivity contribution in [2.24, 2.45) is 0 Å². The first-order valence-corrected chi connectivity index (χ1v) is 4.11. The highest BCUT2D eigenvalue weighted by Crippen LogP contribution is 2.04. The van der Waals surface area contributed by atoms with Crippen LogP contribution >= 0.6 is 0 Å². The molecular formula is C8H18FNO2. The largest absolute Gasteiger partial charge is 0.394 e. The van der Waals surface area contributed by atoms with Crippen LogP contribution in [0.3, 0.4) is 0 Å². The first-order valence-electron chi connectivity index (χ1n) is 4.11. The minimum Gasteiger partial charge on any atom is -0.394 e. The average molecular weight is 179 g/mol. The monoisotopic (exact) mass is 179 g/mol. The summed E-state index contributed by atoms with van der Waals surface area (Å²) in [6.07, 6.45) is 1.36. The number of alkyl halides is 1. The fourth-order valence-electron chi connectivity index (χ4n) is 0.814. The smallest absolute Gasteiger partial charge is 0.220 e. The molecule has 12 heavy (non-hydrogen) atoms. The second kappa shape index (κ2) is 10.4. The Morgan fingerprint density at radius 2 is 2.08 bits per heavy atom. The second-order valence-corrected chi connectivity index (χ2v) is 1.99. The van der Waals surface area contributed by atoms with Crippen LogP contribution in [0.2, 0.25) is 0 Å². The van der Waals surface area contributed by atoms with Gasteiger partial charge < -0.3 is 10.4 Å². The summed E-state index contributed by atoms with van der Waals surface area (Å²) in [5, 5.41) is 11.1. The van der Waals surface area contributed by atoms with Crippen LogP contribution < -0.4 is 5.32 Å². The molecule has 0 saturated carbocycles. The van der Waals surface area contributed by atoms with Crippen LogP contribution in [0.25, 0.3) is 0 Å². The molecule has 3 nitrogen and oxygen atoms in total. The zero-order valence-electron chi connectivity index (χ0n) is 7.93. The summed E-state index contributed by atoms with van der Waals surface area (Å²) in [6.45, 7) is 4.08. The van der Waals surface area contributed by atoms with Crippen LogP contribution in [-0.2, 0) is 4.79 Å². The molecule has 1 rings (SSSR count). The lowest BCUT2D eigenvalue weighted by Crippen LogP contribution is -2.28. The summed E-state index contributed by atoms with van der Waals surface area (Å²) in [7, 11) is 0.500. The lowest BCUT2D eigenvalue weighted by atomic mass is 10.2. The van der Waals surface area contributed by atoms with Crippen LogP contribution in [-0.4, -0.2) is 30.8 Å². The molecule has 74 valence electrons. The van der Waals surface area contributed by atoms with E-state index in [0.29, 0.717) is 13.6 Å². The van der Waals surface area contributed by atoms with Crippen molar-refractivity contribution in [1.82, 2.24) is 5.32 Å². The molecule has 1 unspecified atom stereocenters. The first kappa shape index (κ1) is 13.9. The number of aliphatic hydroxyl groups excluding tert-OH is 1. The molecule has 0 bridgehead atoms. The van der Waals surface area contributed by atoms with E-state index in [1.54, 1.807) is 0 Å². The highest BCUT2D eigenvalue weighted by Gasteiger charge is 2.18. The summed E-state index contributed by atoms with van der Waals surface area (Å²) in [5.41, 5.74) is 0. The minimum absolute atomic E-state index is 0.0301. The van der Waals surface area contributed by atoms with Gasteiger partial charge in [-0.3, -0.25) is 9.18 Å². The number of carbonyl (C=O) groups excluding carboxylic acids is 1. The third-order valence-electron chi connectivity index (χ3n) is 1.31. The van der Waals surface area contributed by atoms with Gasteiger partial charge in [-0.05, 0) is 6.42 Å². The maximum Gasteiger partial charge on any atom is 0.220 e. The molecule has 1 aliphatic heterocycles. The standard InChI is InChI=1S/C5H9NO2.C2H6.CH3F/c7-3-4-1-2-5(8)6-4;2*1-2/h4,7H,1-3H2,(H,6,8);1-2H3;1H3. The summed E-state index contributed by atoms with van der Waals surface area (Å²) in [4.78, 5) is 10.4. The van der Waals surface area contributed by atoms with Gasteiger partial charge in [-0.25, -0.2) is 0 Å². The molecule has 1 atom stereocenters. The third kappa shape index (κ3) is 6.09. The lowest BCUT2D eigenvalue weighted by Gasteiger charge is -2.01. The normalized spacial score (nSPS) is 19.8. The fraction of sp³-hybridized carbons (Fsp3) is 0.875. The predicted molar refractivity (Wildman–Crippen MR) is 46.6 cm³/mol. The number of aliphatic hydroxyl groups is 1. The average Bonchev–Trinajstić information content (AvgIpc) is 2.58. The molecule has 0 spiro atoms. The van der Waals surface area contributed by atoms with E-state index in [1.807, 2.05) is 13.8 Å². The highest BCUT2D eigenvalue weighted by molar-refractivity contribution is 5.78. The summed E-state index contributed by atoms with van der Waals surface area (Å²) in [5.74, 6) is 0.0593. The number of nitrogens with one attached hydrogen (secondary N) is 1. The van der Waals surface area contributed by atoms with Gasteiger partial charge in [0.2, 0.25) is 5.91 Å². The molecule has 2 N–H and O–H groups in total. The number of hydrogen-bond donors (Lipinski definition) is 2. The van der Waals surface area contributed by atoms with Crippen molar-refractivity contribution in [2.75, 3.05) is 13.8 Å². The molecule has 0 radical (unpaired) electrons. The van der Waals surface area contributed by atoms with E-state index in [2.05, 4.69) is 5.32 Å². The van der Waals surface area contributed by atoms with Crippen LogP contribution in [0.15, 0.2) is 0 Å². The molecule has 0 aromatic heterocycles. The maximum absolute atomic E-state index is 10.4. The molecule has 1 aliphatic rings. The van der Waals surface area contributed by atoms with Gasteiger partial charge in [0.05, 0.1) is 19.8 Å². The Bertz CT molecular complexity index is 109. The van der Waals surface area contributed by atoms with E-state index in [9.17, 15) is 9.18 Å². The zero-order valence-corrected chi connectivity index (χ0v) is 7.93. The van der Waals surface area contributed by atoms with Crippen LogP contribution in [0.5, 0.6) is 0 Å². The fourth-order valence-corrected chi connectivity index (χ4v) is 0.814. The second-order valence-electron chi connectivity index (χ2n) is 1.99. The van der Waals surface area contributed by atoms with Crippen molar-refractivity contribution in [3.05, 3.63) is 0 Å². The van der Waals surface area contributed by atoms with Crippen molar-refractivity contribution in [3.63, 3.8) is 0 Å². The summed E-state index contributed by atoms with van der Waals surface area (Å²) in [6, 6.07) is 0.0301. The van der Waals surface area contributed by atoms with Gasteiger partial charge in [0, 0.05) is 6.42 Å². The van der Waals surface area contributed by atoms with Crippen LogP contribution in [0.1, 0.15) is 26.7 Å². The Hall–Kier alpha value is -0.640. The van der Waals surface area contributed by atoms with Crippen molar-refractivity contribution in [2.45, 2.75) is 32.7 Å². The van der Waals surface area contributed by atoms with Gasteiger partial charge in [-0.15, -0.1) is 0 Å². The van der Waals surface area contributed by atoms with Crippen molar-refractivity contribution in [3.8, 4) is 0 Å². The molecule has 4 heteroatoms. The first-order chi connectivity index (χ1) is 5.83. The van der Waals surface area contributed by atoms with Gasteiger partial charge in [-0.2, -0.15) is 0 Å². The molecule has 1 amide bonds. The SMILES string of the molecule is CC.CF.O=C1CCC(CO)N1. The quantitative estimate of drug-likeness (QED) is 0.627. The summed E-state index contributed by atoms with van der Waals surface area (Å²) < 4.78 is 9.50. The zero-order chi connectivity index (χ0) is 9.98. The van der Waals surface area contributed by atoms with E-state index < -0.39 is 0 Å². The Morgan fingerprint density at radius 1 is 1.58 bits per heavy atom. The topological polar surface area (TPSA) is 49.3 Å². The van der Waals surface area contributed by atoms with Gasteiger partial charge in [0.25, 0.3) is 0 Å². The predicted octanol–water partition coefficient (Wildman–Crippen LogP) is 0.869. The van der Waals surface area contributed by atoms with Gasteiger partial charge in [0.15, 0.2) is 0 Å². The number of hydrogen-bond acceptors (Lipinski definition) is 2. The van der Waals surface area contributed by atoms with E-state index in [1.165, 1.54) is 0 Å². The van der Waals surface area contributed by atoms with E-state index >= 15 is 0 Å². The molecule has 1 fully saturated rings. The Kier molecular flexibility index (Phi) is 12.0. The number of amides is 1. The Balaban J connectivity index is 0. The Labute approximate surface area is 73.0 Å². The molecular weight excluding hydrogens is 161 g/mol. The van der Waals surface area contributed by atoms with Crippen LogP contribution in [0, 0.1) is 0 Å². The molecule has 0 aromatic rings. The van der Waals surface area contributed by atoms with Gasteiger partial charge in [-0.1, -0.05) is 13.8 Å². The molecule has 0 aromatic carbocycles. The van der Waals surface area contributed by atoms with E-state index in [0.717, 1.165) is 6.42 Å². The van der Waals surface area contributed by atoms with Crippen molar-refractivity contribution < 1.29 is 14.3 Å². The third-order valence-corrected chi connectivity index (χ3v) is 1.31. The van der Waals surface area contributed by atoms with Gasteiger partial charge >= 0.3 is 0 Å². The molecule has 1 saturated heterocycles. The maximum atomic E-state index is 10.4. The molecule has 0 aliphatic carbocycles. The van der Waals surface area contributed by atoms with E-state index in [-0.39, 0.29) is 18.6 Å². The number of halogens is 1. The molecule has 1 heterocycles. The highest BCUT2D eigenvalue weighted by atomic mass is 19.1. The van der Waals surface area contributed by atoms with Crippen molar-refractivity contribution >= 4 is 5.91 Å². The van der Waals surface area contributed by atoms with Gasteiger partial charge in [0.1, 0.15) is 0 Å². The minimum atomic E-state index is 0.0301. The van der Waals surface area contributed by atoms with E-state index in [4.69, 9.17) is 5.11 Å². The van der Waals surface area contributed by atoms with Crippen molar-refractivity contribution in [1.29, 1.82) is 0 Å².